The highest BCUT2D eigenvalue weighted by Crippen LogP contribution is 2.25. The molecule has 0 fully saturated rings. The van der Waals surface area contributed by atoms with Crippen LogP contribution in [-0.2, 0) is 11.4 Å². The van der Waals surface area contributed by atoms with Crippen molar-refractivity contribution in [1.82, 2.24) is 15.3 Å². The minimum atomic E-state index is -0.400. The average Bonchev–Trinajstić information content (AvgIpc) is 3.22. The van der Waals surface area contributed by atoms with Crippen LogP contribution in [0.4, 0.5) is 0 Å². The Labute approximate surface area is 190 Å². The maximum atomic E-state index is 12.9. The molecular formula is C24H19Cl2N3O2. The fourth-order valence-electron chi connectivity index (χ4n) is 3.05. The number of hydrogen-bond donors (Lipinski definition) is 1. The summed E-state index contributed by atoms with van der Waals surface area (Å²) in [7, 11) is 0. The minimum Gasteiger partial charge on any atom is -0.269 e. The number of hydrogen-bond acceptors (Lipinski definition) is 3. The van der Waals surface area contributed by atoms with E-state index in [-0.39, 0.29) is 6.61 Å². The standard InChI is InChI=1S/C24H19Cl2N3O2/c1-16-7-9-17(10-8-16)23-21(14-29(27-23)20-5-3-2-4-6-20)24(30)28-31-15-18-11-12-19(25)13-22(18)26/h2-14H,15H2,1H3,(H,28,30). The van der Waals surface area contributed by atoms with E-state index in [1.165, 1.54) is 0 Å². The van der Waals surface area contributed by atoms with Crippen molar-refractivity contribution in [1.29, 1.82) is 0 Å². The molecular weight excluding hydrogens is 433 g/mol. The number of carbonyl (C=O) groups is 1. The number of halogens is 2. The Morgan fingerprint density at radius 2 is 1.77 bits per heavy atom. The first-order valence-electron chi connectivity index (χ1n) is 9.59. The first-order valence-corrected chi connectivity index (χ1v) is 10.3. The lowest BCUT2D eigenvalue weighted by atomic mass is 10.1. The molecule has 0 aliphatic rings. The van der Waals surface area contributed by atoms with Gasteiger partial charge in [-0.3, -0.25) is 9.63 Å². The summed E-state index contributed by atoms with van der Waals surface area (Å²) in [5.74, 6) is -0.400. The normalized spacial score (nSPS) is 10.8. The molecule has 4 rings (SSSR count). The molecule has 7 heteroatoms. The van der Waals surface area contributed by atoms with Crippen molar-refractivity contribution in [2.45, 2.75) is 13.5 Å². The van der Waals surface area contributed by atoms with Gasteiger partial charge in [-0.1, -0.05) is 77.3 Å². The van der Waals surface area contributed by atoms with Crippen LogP contribution in [0.25, 0.3) is 16.9 Å². The van der Waals surface area contributed by atoms with Crippen LogP contribution in [0.1, 0.15) is 21.5 Å². The Balaban J connectivity index is 1.58. The molecule has 3 aromatic carbocycles. The summed E-state index contributed by atoms with van der Waals surface area (Å²) in [5, 5.41) is 5.66. The van der Waals surface area contributed by atoms with Gasteiger partial charge in [0.05, 0.1) is 11.3 Å². The first-order chi connectivity index (χ1) is 15.0. The van der Waals surface area contributed by atoms with E-state index in [9.17, 15) is 4.79 Å². The Morgan fingerprint density at radius 1 is 1.03 bits per heavy atom. The Morgan fingerprint density at radius 3 is 2.48 bits per heavy atom. The molecule has 156 valence electrons. The number of nitrogens with one attached hydrogen (secondary N) is 1. The molecule has 0 aliphatic heterocycles. The highest BCUT2D eigenvalue weighted by Gasteiger charge is 2.19. The third-order valence-electron chi connectivity index (χ3n) is 4.71. The number of aromatic nitrogens is 2. The predicted octanol–water partition coefficient (Wildman–Crippen LogP) is 6.02. The summed E-state index contributed by atoms with van der Waals surface area (Å²) in [6, 6.07) is 22.6. The molecule has 31 heavy (non-hydrogen) atoms. The van der Waals surface area contributed by atoms with E-state index in [0.29, 0.717) is 26.9 Å². The van der Waals surface area contributed by atoms with Crippen LogP contribution in [0.3, 0.4) is 0 Å². The zero-order chi connectivity index (χ0) is 21.8. The van der Waals surface area contributed by atoms with Crippen molar-refractivity contribution < 1.29 is 9.63 Å². The van der Waals surface area contributed by atoms with Crippen molar-refractivity contribution in [2.75, 3.05) is 0 Å². The van der Waals surface area contributed by atoms with Gasteiger partial charge < -0.3 is 0 Å². The molecule has 0 unspecified atom stereocenters. The monoisotopic (exact) mass is 451 g/mol. The lowest BCUT2D eigenvalue weighted by Crippen LogP contribution is -2.23. The highest BCUT2D eigenvalue weighted by molar-refractivity contribution is 6.35. The number of para-hydroxylation sites is 1. The molecule has 1 N–H and O–H groups in total. The van der Waals surface area contributed by atoms with Crippen LogP contribution in [-0.4, -0.2) is 15.7 Å². The molecule has 4 aromatic rings. The Kier molecular flexibility index (Phi) is 6.37. The largest absolute Gasteiger partial charge is 0.278 e. The van der Waals surface area contributed by atoms with Crippen molar-refractivity contribution >= 4 is 29.1 Å². The van der Waals surface area contributed by atoms with E-state index in [2.05, 4.69) is 10.6 Å². The third-order valence-corrected chi connectivity index (χ3v) is 5.30. The second kappa shape index (κ2) is 9.35. The van der Waals surface area contributed by atoms with Gasteiger partial charge in [-0.15, -0.1) is 0 Å². The maximum Gasteiger partial charge on any atom is 0.278 e. The molecule has 0 bridgehead atoms. The van der Waals surface area contributed by atoms with E-state index in [4.69, 9.17) is 28.0 Å². The number of benzene rings is 3. The van der Waals surface area contributed by atoms with Gasteiger partial charge in [0.2, 0.25) is 0 Å². The summed E-state index contributed by atoms with van der Waals surface area (Å²) in [6.07, 6.45) is 1.69. The number of rotatable bonds is 6. The van der Waals surface area contributed by atoms with Crippen LogP contribution in [0.15, 0.2) is 79.0 Å². The number of hydroxylamine groups is 1. The fraction of sp³-hybridized carbons (Fsp3) is 0.0833. The molecule has 0 atom stereocenters. The number of amides is 1. The van der Waals surface area contributed by atoms with Crippen molar-refractivity contribution in [3.63, 3.8) is 0 Å². The summed E-state index contributed by atoms with van der Waals surface area (Å²) in [5.41, 5.74) is 6.98. The number of aryl methyl sites for hydroxylation is 1. The van der Waals surface area contributed by atoms with Crippen LogP contribution in [0.5, 0.6) is 0 Å². The lowest BCUT2D eigenvalue weighted by Gasteiger charge is -2.08. The summed E-state index contributed by atoms with van der Waals surface area (Å²) >= 11 is 12.1. The Bertz CT molecular complexity index is 1210. The van der Waals surface area contributed by atoms with Gasteiger partial charge in [0.25, 0.3) is 5.91 Å². The molecule has 1 aromatic heterocycles. The summed E-state index contributed by atoms with van der Waals surface area (Å²) in [6.45, 7) is 2.12. The van der Waals surface area contributed by atoms with E-state index < -0.39 is 5.91 Å². The van der Waals surface area contributed by atoms with Crippen LogP contribution >= 0.6 is 23.2 Å². The average molecular weight is 452 g/mol. The second-order valence-electron chi connectivity index (χ2n) is 6.99. The molecule has 0 saturated carbocycles. The zero-order valence-electron chi connectivity index (χ0n) is 16.7. The lowest BCUT2D eigenvalue weighted by molar-refractivity contribution is 0.0234. The van der Waals surface area contributed by atoms with Gasteiger partial charge in [-0.25, -0.2) is 10.2 Å². The number of carbonyl (C=O) groups excluding carboxylic acids is 1. The molecule has 0 aliphatic carbocycles. The first kappa shape index (κ1) is 21.1. The number of nitrogens with zero attached hydrogens (tertiary/aromatic N) is 2. The molecule has 1 amide bonds. The topological polar surface area (TPSA) is 56.2 Å². The minimum absolute atomic E-state index is 0.106. The Hall–Kier alpha value is -3.12. The maximum absolute atomic E-state index is 12.9. The van der Waals surface area contributed by atoms with Gasteiger partial charge in [-0.05, 0) is 36.8 Å². The van der Waals surface area contributed by atoms with E-state index in [0.717, 1.165) is 16.8 Å². The van der Waals surface area contributed by atoms with Crippen LogP contribution in [0.2, 0.25) is 10.0 Å². The highest BCUT2D eigenvalue weighted by atomic mass is 35.5. The molecule has 0 saturated heterocycles. The van der Waals surface area contributed by atoms with Crippen molar-refractivity contribution in [2.24, 2.45) is 0 Å². The van der Waals surface area contributed by atoms with Crippen molar-refractivity contribution in [3.05, 3.63) is 106 Å². The van der Waals surface area contributed by atoms with Gasteiger partial charge in [0.15, 0.2) is 0 Å². The van der Waals surface area contributed by atoms with Crippen LogP contribution < -0.4 is 5.48 Å². The van der Waals surface area contributed by atoms with Crippen LogP contribution in [0, 0.1) is 6.92 Å². The fourth-order valence-corrected chi connectivity index (χ4v) is 3.51. The summed E-state index contributed by atoms with van der Waals surface area (Å²) in [4.78, 5) is 18.4. The van der Waals surface area contributed by atoms with E-state index >= 15 is 0 Å². The van der Waals surface area contributed by atoms with Gasteiger partial charge in [-0.2, -0.15) is 5.10 Å². The van der Waals surface area contributed by atoms with Gasteiger partial charge >= 0.3 is 0 Å². The molecule has 0 spiro atoms. The zero-order valence-corrected chi connectivity index (χ0v) is 18.2. The quantitative estimate of drug-likeness (QED) is 0.364. The summed E-state index contributed by atoms with van der Waals surface area (Å²) < 4.78 is 1.68. The third kappa shape index (κ3) is 4.97. The van der Waals surface area contributed by atoms with E-state index in [1.54, 1.807) is 29.1 Å². The van der Waals surface area contributed by atoms with Gasteiger partial charge in [0.1, 0.15) is 12.3 Å². The molecule has 5 nitrogen and oxygen atoms in total. The van der Waals surface area contributed by atoms with E-state index in [1.807, 2.05) is 61.5 Å². The molecule has 0 radical (unpaired) electrons. The molecule has 1 heterocycles. The predicted molar refractivity (Wildman–Crippen MR) is 122 cm³/mol. The second-order valence-corrected chi connectivity index (χ2v) is 7.84. The van der Waals surface area contributed by atoms with Gasteiger partial charge in [0, 0.05) is 21.8 Å². The van der Waals surface area contributed by atoms with Crippen molar-refractivity contribution in [3.8, 4) is 16.9 Å². The smallest absolute Gasteiger partial charge is 0.269 e. The SMILES string of the molecule is Cc1ccc(-c2nn(-c3ccccc3)cc2C(=O)NOCc2ccc(Cl)cc2Cl)cc1.